The molecule has 154 valence electrons. The van der Waals surface area contributed by atoms with Crippen LogP contribution in [-0.4, -0.2) is 35.1 Å². The largest absolute Gasteiger partial charge is 0.393 e. The molecule has 3 aliphatic rings. The lowest BCUT2D eigenvalue weighted by atomic mass is 9.51. The molecule has 0 spiro atoms. The summed E-state index contributed by atoms with van der Waals surface area (Å²) in [6.07, 6.45) is 6.57. The quantitative estimate of drug-likeness (QED) is 0.749. The molecule has 9 atom stereocenters. The first-order chi connectivity index (χ1) is 12.8. The van der Waals surface area contributed by atoms with Crippen LogP contribution in [0, 0.1) is 45.8 Å². The Morgan fingerprint density at radius 1 is 1.04 bits per heavy atom. The van der Waals surface area contributed by atoms with Gasteiger partial charge in [-0.05, 0) is 73.5 Å². The van der Waals surface area contributed by atoms with Gasteiger partial charge in [0.05, 0.1) is 30.3 Å². The SMILES string of the molecule is CCCOC1CC(C)(C2CC3CCC(C#N)C3(C)CC2O)C(CC)CC1O. The van der Waals surface area contributed by atoms with Gasteiger partial charge in [0.1, 0.15) is 0 Å². The Morgan fingerprint density at radius 3 is 2.41 bits per heavy atom. The molecule has 0 saturated heterocycles. The summed E-state index contributed by atoms with van der Waals surface area (Å²) >= 11 is 0. The summed E-state index contributed by atoms with van der Waals surface area (Å²) in [7, 11) is 0. The lowest BCUT2D eigenvalue weighted by Gasteiger charge is -2.56. The van der Waals surface area contributed by atoms with E-state index in [1.807, 2.05) is 0 Å². The summed E-state index contributed by atoms with van der Waals surface area (Å²) in [6.45, 7) is 9.56. The average molecular weight is 378 g/mol. The van der Waals surface area contributed by atoms with Crippen LogP contribution in [0.15, 0.2) is 0 Å². The molecule has 9 unspecified atom stereocenters. The van der Waals surface area contributed by atoms with E-state index in [-0.39, 0.29) is 34.9 Å². The van der Waals surface area contributed by atoms with Gasteiger partial charge in [0.15, 0.2) is 0 Å². The molecule has 3 aliphatic carbocycles. The smallest absolute Gasteiger partial charge is 0.0839 e. The van der Waals surface area contributed by atoms with E-state index in [1.165, 1.54) is 0 Å². The van der Waals surface area contributed by atoms with Gasteiger partial charge in [0.25, 0.3) is 0 Å². The summed E-state index contributed by atoms with van der Waals surface area (Å²) in [5, 5.41) is 31.4. The third-order valence-corrected chi connectivity index (χ3v) is 8.74. The predicted molar refractivity (Wildman–Crippen MR) is 106 cm³/mol. The predicted octanol–water partition coefficient (Wildman–Crippen LogP) is 4.30. The number of nitrogens with zero attached hydrogens (tertiary/aromatic N) is 1. The van der Waals surface area contributed by atoms with Crippen molar-refractivity contribution in [2.45, 2.75) is 97.4 Å². The Kier molecular flexibility index (Phi) is 6.26. The highest BCUT2D eigenvalue weighted by atomic mass is 16.5. The molecule has 3 saturated carbocycles. The van der Waals surface area contributed by atoms with Crippen molar-refractivity contribution in [3.8, 4) is 6.07 Å². The van der Waals surface area contributed by atoms with Crippen LogP contribution in [0.4, 0.5) is 0 Å². The van der Waals surface area contributed by atoms with E-state index in [0.29, 0.717) is 18.4 Å². The van der Waals surface area contributed by atoms with Crippen LogP contribution in [-0.2, 0) is 4.74 Å². The fourth-order valence-electron chi connectivity index (χ4n) is 6.96. The van der Waals surface area contributed by atoms with E-state index in [4.69, 9.17) is 4.74 Å². The molecule has 0 aliphatic heterocycles. The van der Waals surface area contributed by atoms with Crippen molar-refractivity contribution in [1.29, 1.82) is 5.26 Å². The van der Waals surface area contributed by atoms with Crippen LogP contribution in [0.2, 0.25) is 0 Å². The summed E-state index contributed by atoms with van der Waals surface area (Å²) in [6, 6.07) is 2.52. The van der Waals surface area contributed by atoms with Gasteiger partial charge >= 0.3 is 0 Å². The number of fused-ring (bicyclic) bond motifs is 1. The van der Waals surface area contributed by atoms with Gasteiger partial charge in [-0.1, -0.05) is 34.1 Å². The molecule has 0 bridgehead atoms. The van der Waals surface area contributed by atoms with Crippen molar-refractivity contribution >= 4 is 0 Å². The standard InChI is InChI=1S/C23H39NO3/c1-5-9-27-21-13-23(4,15(6-2)11-19(21)25)18-10-16-7-8-17(14-24)22(16,3)12-20(18)26/h15-21,25-26H,5-13H2,1-4H3. The minimum Gasteiger partial charge on any atom is -0.393 e. The number of aliphatic hydroxyl groups is 2. The highest BCUT2D eigenvalue weighted by Crippen LogP contribution is 2.62. The highest BCUT2D eigenvalue weighted by molar-refractivity contribution is 5.11. The fraction of sp³-hybridized carbons (Fsp3) is 0.957. The number of aliphatic hydroxyl groups excluding tert-OH is 2. The molecule has 0 radical (unpaired) electrons. The molecule has 2 N–H and O–H groups in total. The summed E-state index contributed by atoms with van der Waals surface area (Å²) in [5.74, 6) is 1.26. The second-order valence-electron chi connectivity index (χ2n) is 10.1. The first-order valence-electron chi connectivity index (χ1n) is 11.2. The lowest BCUT2D eigenvalue weighted by Crippen LogP contribution is -2.55. The number of hydrogen-bond acceptors (Lipinski definition) is 4. The molecule has 27 heavy (non-hydrogen) atoms. The van der Waals surface area contributed by atoms with Crippen LogP contribution in [0.3, 0.4) is 0 Å². The van der Waals surface area contributed by atoms with E-state index in [9.17, 15) is 15.5 Å². The monoisotopic (exact) mass is 377 g/mol. The van der Waals surface area contributed by atoms with Crippen molar-refractivity contribution < 1.29 is 14.9 Å². The minimum absolute atomic E-state index is 0.0160. The van der Waals surface area contributed by atoms with E-state index in [0.717, 1.165) is 51.4 Å². The Labute approximate surface area is 165 Å². The van der Waals surface area contributed by atoms with Gasteiger partial charge in [-0.25, -0.2) is 0 Å². The number of hydrogen-bond donors (Lipinski definition) is 2. The van der Waals surface area contributed by atoms with E-state index >= 15 is 0 Å². The Hall–Kier alpha value is -0.630. The summed E-state index contributed by atoms with van der Waals surface area (Å²) in [5.41, 5.74) is -0.0487. The molecular formula is C23H39NO3. The molecule has 0 aromatic heterocycles. The maximum absolute atomic E-state index is 11.2. The topological polar surface area (TPSA) is 73.5 Å². The van der Waals surface area contributed by atoms with Crippen molar-refractivity contribution in [2.24, 2.45) is 34.5 Å². The molecule has 3 fully saturated rings. The number of rotatable bonds is 5. The van der Waals surface area contributed by atoms with Crippen molar-refractivity contribution in [3.05, 3.63) is 0 Å². The van der Waals surface area contributed by atoms with Crippen LogP contribution in [0.5, 0.6) is 0 Å². The number of nitriles is 1. The van der Waals surface area contributed by atoms with Crippen LogP contribution in [0.1, 0.15) is 79.1 Å². The van der Waals surface area contributed by atoms with Gasteiger partial charge in [-0.3, -0.25) is 0 Å². The minimum atomic E-state index is -0.393. The average Bonchev–Trinajstić information content (AvgIpc) is 2.96. The molecule has 0 amide bonds. The van der Waals surface area contributed by atoms with E-state index in [2.05, 4.69) is 33.8 Å². The van der Waals surface area contributed by atoms with Crippen molar-refractivity contribution in [1.82, 2.24) is 0 Å². The normalized spacial score (nSPS) is 50.2. The second kappa shape index (κ2) is 8.01. The van der Waals surface area contributed by atoms with Gasteiger partial charge in [0, 0.05) is 6.61 Å². The van der Waals surface area contributed by atoms with E-state index in [1.54, 1.807) is 0 Å². The lowest BCUT2D eigenvalue weighted by molar-refractivity contribution is -0.161. The van der Waals surface area contributed by atoms with Crippen molar-refractivity contribution in [2.75, 3.05) is 6.61 Å². The second-order valence-corrected chi connectivity index (χ2v) is 10.1. The van der Waals surface area contributed by atoms with Gasteiger partial charge < -0.3 is 14.9 Å². The molecule has 0 heterocycles. The first-order valence-corrected chi connectivity index (χ1v) is 11.2. The Balaban J connectivity index is 1.83. The zero-order chi connectivity index (χ0) is 19.8. The molecule has 0 aromatic rings. The zero-order valence-corrected chi connectivity index (χ0v) is 17.7. The molecule has 0 aromatic carbocycles. The molecule has 4 nitrogen and oxygen atoms in total. The highest BCUT2D eigenvalue weighted by Gasteiger charge is 2.58. The first kappa shape index (κ1) is 21.1. The Bertz CT molecular complexity index is 560. The molecule has 4 heteroatoms. The van der Waals surface area contributed by atoms with E-state index < -0.39 is 6.10 Å². The summed E-state index contributed by atoms with van der Waals surface area (Å²) in [4.78, 5) is 0. The Morgan fingerprint density at radius 2 is 1.78 bits per heavy atom. The third kappa shape index (κ3) is 3.56. The van der Waals surface area contributed by atoms with Crippen LogP contribution >= 0.6 is 0 Å². The maximum atomic E-state index is 11.2. The van der Waals surface area contributed by atoms with Gasteiger partial charge in [-0.2, -0.15) is 5.26 Å². The molecular weight excluding hydrogens is 338 g/mol. The zero-order valence-electron chi connectivity index (χ0n) is 17.7. The third-order valence-electron chi connectivity index (χ3n) is 8.74. The summed E-state index contributed by atoms with van der Waals surface area (Å²) < 4.78 is 6.02. The van der Waals surface area contributed by atoms with Gasteiger partial charge in [0.2, 0.25) is 0 Å². The fourth-order valence-corrected chi connectivity index (χ4v) is 6.96. The molecule has 3 rings (SSSR count). The van der Waals surface area contributed by atoms with Crippen molar-refractivity contribution in [3.63, 3.8) is 0 Å². The van der Waals surface area contributed by atoms with Gasteiger partial charge in [-0.15, -0.1) is 0 Å². The van der Waals surface area contributed by atoms with Crippen LogP contribution < -0.4 is 0 Å². The maximum Gasteiger partial charge on any atom is 0.0839 e. The number of ether oxygens (including phenoxy) is 1. The van der Waals surface area contributed by atoms with Crippen LogP contribution in [0.25, 0.3) is 0 Å².